The number of sulfonamides is 1. The number of carbonyl (C=O) groups excluding carboxylic acids is 1. The molecule has 0 saturated carbocycles. The maximum absolute atomic E-state index is 12.4. The van der Waals surface area contributed by atoms with E-state index < -0.39 is 10.0 Å². The number of benzene rings is 2. The summed E-state index contributed by atoms with van der Waals surface area (Å²) in [5.74, 6) is -0.361. The van der Waals surface area contributed by atoms with Gasteiger partial charge in [-0.25, -0.2) is 8.42 Å². The summed E-state index contributed by atoms with van der Waals surface area (Å²) in [6.45, 7) is 3.88. The van der Waals surface area contributed by atoms with Crippen LogP contribution in [-0.2, 0) is 10.0 Å². The molecular weight excluding hydrogens is 300 g/mol. The van der Waals surface area contributed by atoms with Gasteiger partial charge in [-0.15, -0.1) is 0 Å². The second-order valence-corrected chi connectivity index (χ2v) is 6.87. The molecule has 0 aliphatic heterocycles. The molecular formula is C16H18N2O3S. The van der Waals surface area contributed by atoms with E-state index >= 15 is 0 Å². The van der Waals surface area contributed by atoms with Crippen LogP contribution in [0.2, 0.25) is 0 Å². The maximum atomic E-state index is 12.4. The average molecular weight is 318 g/mol. The smallest absolute Gasteiger partial charge is 0.257 e. The molecule has 2 aromatic carbocycles. The number of nitrogens with one attached hydrogen (secondary N) is 2. The largest absolute Gasteiger partial charge is 0.322 e. The SMILES string of the molecule is Cc1cccc(NC(=O)c2ccccc2NS(C)(=O)=O)c1C. The van der Waals surface area contributed by atoms with Crippen molar-refractivity contribution in [2.75, 3.05) is 16.3 Å². The van der Waals surface area contributed by atoms with Gasteiger partial charge in [0.25, 0.3) is 5.91 Å². The molecule has 5 nitrogen and oxygen atoms in total. The molecule has 0 heterocycles. The zero-order valence-electron chi connectivity index (χ0n) is 12.7. The van der Waals surface area contributed by atoms with Crippen LogP contribution in [0.1, 0.15) is 21.5 Å². The van der Waals surface area contributed by atoms with Gasteiger partial charge in [0, 0.05) is 5.69 Å². The number of para-hydroxylation sites is 1. The number of aryl methyl sites for hydroxylation is 1. The van der Waals surface area contributed by atoms with Gasteiger partial charge in [-0.2, -0.15) is 0 Å². The van der Waals surface area contributed by atoms with E-state index in [2.05, 4.69) is 10.0 Å². The van der Waals surface area contributed by atoms with Crippen molar-refractivity contribution in [2.24, 2.45) is 0 Å². The van der Waals surface area contributed by atoms with Crippen molar-refractivity contribution < 1.29 is 13.2 Å². The van der Waals surface area contributed by atoms with Crippen molar-refractivity contribution in [1.82, 2.24) is 0 Å². The summed E-state index contributed by atoms with van der Waals surface area (Å²) in [7, 11) is -3.45. The molecule has 0 aliphatic rings. The lowest BCUT2D eigenvalue weighted by Crippen LogP contribution is -2.18. The Hall–Kier alpha value is -2.34. The number of hydrogen-bond donors (Lipinski definition) is 2. The lowest BCUT2D eigenvalue weighted by molar-refractivity contribution is 0.102. The Morgan fingerprint density at radius 3 is 2.27 bits per heavy atom. The molecule has 2 aromatic rings. The van der Waals surface area contributed by atoms with Crippen LogP contribution in [0.15, 0.2) is 42.5 Å². The van der Waals surface area contributed by atoms with E-state index in [-0.39, 0.29) is 17.2 Å². The van der Waals surface area contributed by atoms with Gasteiger partial charge in [0.2, 0.25) is 10.0 Å². The van der Waals surface area contributed by atoms with Crippen molar-refractivity contribution in [2.45, 2.75) is 13.8 Å². The van der Waals surface area contributed by atoms with E-state index in [1.807, 2.05) is 32.0 Å². The van der Waals surface area contributed by atoms with Crippen LogP contribution in [0.4, 0.5) is 11.4 Å². The molecule has 0 fully saturated rings. The van der Waals surface area contributed by atoms with Crippen molar-refractivity contribution in [3.63, 3.8) is 0 Å². The van der Waals surface area contributed by atoms with Gasteiger partial charge in [-0.3, -0.25) is 9.52 Å². The molecule has 0 bridgehead atoms. The molecule has 0 saturated heterocycles. The van der Waals surface area contributed by atoms with E-state index in [1.165, 1.54) is 0 Å². The van der Waals surface area contributed by atoms with Crippen LogP contribution in [-0.4, -0.2) is 20.6 Å². The minimum atomic E-state index is -3.45. The Morgan fingerprint density at radius 1 is 0.955 bits per heavy atom. The first-order chi connectivity index (χ1) is 10.3. The highest BCUT2D eigenvalue weighted by molar-refractivity contribution is 7.92. The Bertz CT molecular complexity index is 814. The van der Waals surface area contributed by atoms with Crippen LogP contribution in [0, 0.1) is 13.8 Å². The van der Waals surface area contributed by atoms with Crippen LogP contribution < -0.4 is 10.0 Å². The number of amides is 1. The Labute approximate surface area is 130 Å². The number of rotatable bonds is 4. The van der Waals surface area contributed by atoms with E-state index in [9.17, 15) is 13.2 Å². The van der Waals surface area contributed by atoms with E-state index in [1.54, 1.807) is 24.3 Å². The van der Waals surface area contributed by atoms with Gasteiger partial charge in [-0.05, 0) is 43.2 Å². The molecule has 22 heavy (non-hydrogen) atoms. The zero-order valence-corrected chi connectivity index (χ0v) is 13.5. The molecule has 0 aliphatic carbocycles. The van der Waals surface area contributed by atoms with Crippen LogP contribution >= 0.6 is 0 Å². The molecule has 0 unspecified atom stereocenters. The number of hydrogen-bond acceptors (Lipinski definition) is 3. The summed E-state index contributed by atoms with van der Waals surface area (Å²) in [5, 5.41) is 2.82. The van der Waals surface area contributed by atoms with Crippen molar-refractivity contribution >= 4 is 27.3 Å². The van der Waals surface area contributed by atoms with Crippen LogP contribution in [0.5, 0.6) is 0 Å². The highest BCUT2D eigenvalue weighted by atomic mass is 32.2. The van der Waals surface area contributed by atoms with Gasteiger partial charge >= 0.3 is 0 Å². The molecule has 0 aromatic heterocycles. The molecule has 0 radical (unpaired) electrons. The average Bonchev–Trinajstić information content (AvgIpc) is 2.42. The standard InChI is InChI=1S/C16H18N2O3S/c1-11-7-6-10-14(12(11)2)17-16(19)13-8-4-5-9-15(13)18-22(3,20)21/h4-10,18H,1-3H3,(H,17,19). The highest BCUT2D eigenvalue weighted by Gasteiger charge is 2.14. The lowest BCUT2D eigenvalue weighted by Gasteiger charge is -2.13. The third-order valence-electron chi connectivity index (χ3n) is 3.32. The molecule has 2 N–H and O–H groups in total. The first-order valence-corrected chi connectivity index (χ1v) is 8.61. The van der Waals surface area contributed by atoms with E-state index in [4.69, 9.17) is 0 Å². The minimum Gasteiger partial charge on any atom is -0.322 e. The van der Waals surface area contributed by atoms with Crippen molar-refractivity contribution in [3.05, 3.63) is 59.2 Å². The third kappa shape index (κ3) is 3.85. The topological polar surface area (TPSA) is 75.3 Å². The summed E-state index contributed by atoms with van der Waals surface area (Å²) in [6.07, 6.45) is 1.05. The normalized spacial score (nSPS) is 11.0. The van der Waals surface area contributed by atoms with Crippen LogP contribution in [0.25, 0.3) is 0 Å². The molecule has 2 rings (SSSR count). The van der Waals surface area contributed by atoms with Crippen molar-refractivity contribution in [1.29, 1.82) is 0 Å². The molecule has 1 amide bonds. The summed E-state index contributed by atoms with van der Waals surface area (Å²) >= 11 is 0. The first-order valence-electron chi connectivity index (χ1n) is 6.72. The predicted molar refractivity (Wildman–Crippen MR) is 88.8 cm³/mol. The summed E-state index contributed by atoms with van der Waals surface area (Å²) < 4.78 is 25.1. The number of carbonyl (C=O) groups is 1. The van der Waals surface area contributed by atoms with Gasteiger partial charge in [0.15, 0.2) is 0 Å². The quantitative estimate of drug-likeness (QED) is 0.910. The van der Waals surface area contributed by atoms with Gasteiger partial charge in [-0.1, -0.05) is 24.3 Å². The van der Waals surface area contributed by atoms with Gasteiger partial charge in [0.05, 0.1) is 17.5 Å². The Kier molecular flexibility index (Phi) is 4.51. The zero-order chi connectivity index (χ0) is 16.3. The Morgan fingerprint density at radius 2 is 1.59 bits per heavy atom. The second-order valence-electron chi connectivity index (χ2n) is 5.12. The van der Waals surface area contributed by atoms with Gasteiger partial charge < -0.3 is 5.32 Å². The fraction of sp³-hybridized carbons (Fsp3) is 0.188. The maximum Gasteiger partial charge on any atom is 0.257 e. The predicted octanol–water partition coefficient (Wildman–Crippen LogP) is 2.93. The molecule has 116 valence electrons. The van der Waals surface area contributed by atoms with Crippen molar-refractivity contribution in [3.8, 4) is 0 Å². The first kappa shape index (κ1) is 16.0. The third-order valence-corrected chi connectivity index (χ3v) is 3.91. The Balaban J connectivity index is 2.32. The van der Waals surface area contributed by atoms with Gasteiger partial charge in [0.1, 0.15) is 0 Å². The molecule has 6 heteroatoms. The molecule has 0 spiro atoms. The van der Waals surface area contributed by atoms with E-state index in [0.29, 0.717) is 5.69 Å². The lowest BCUT2D eigenvalue weighted by atomic mass is 10.1. The highest BCUT2D eigenvalue weighted by Crippen LogP contribution is 2.21. The fourth-order valence-electron chi connectivity index (χ4n) is 2.05. The molecule has 0 atom stereocenters. The van der Waals surface area contributed by atoms with Crippen LogP contribution in [0.3, 0.4) is 0 Å². The summed E-state index contributed by atoms with van der Waals surface area (Å²) in [6, 6.07) is 12.1. The summed E-state index contributed by atoms with van der Waals surface area (Å²) in [4.78, 5) is 12.4. The minimum absolute atomic E-state index is 0.257. The second kappa shape index (κ2) is 6.19. The monoisotopic (exact) mass is 318 g/mol. The number of anilines is 2. The van der Waals surface area contributed by atoms with E-state index in [0.717, 1.165) is 17.4 Å². The summed E-state index contributed by atoms with van der Waals surface area (Å²) in [5.41, 5.74) is 3.28. The fourth-order valence-corrected chi connectivity index (χ4v) is 2.62.